The van der Waals surface area contributed by atoms with Crippen molar-refractivity contribution < 1.29 is 23.8 Å². The first-order chi connectivity index (χ1) is 14.0. The third kappa shape index (κ3) is 4.63. The second kappa shape index (κ2) is 9.05. The molecule has 29 heavy (non-hydrogen) atoms. The largest absolute Gasteiger partial charge is 0.493 e. The number of hydrogen-bond acceptors (Lipinski definition) is 6. The van der Waals surface area contributed by atoms with Gasteiger partial charge in [0.15, 0.2) is 18.1 Å². The van der Waals surface area contributed by atoms with Gasteiger partial charge in [0.25, 0.3) is 5.91 Å². The van der Waals surface area contributed by atoms with E-state index in [-0.39, 0.29) is 12.5 Å². The van der Waals surface area contributed by atoms with Crippen LogP contribution in [0.3, 0.4) is 0 Å². The molecule has 3 rings (SSSR count). The molecule has 0 unspecified atom stereocenters. The molecule has 2 aromatic rings. The summed E-state index contributed by atoms with van der Waals surface area (Å²) in [6, 6.07) is 14.5. The molecule has 1 aliphatic heterocycles. The third-order valence-electron chi connectivity index (χ3n) is 4.21. The van der Waals surface area contributed by atoms with Gasteiger partial charge in [0.2, 0.25) is 0 Å². The number of hydrogen-bond donors (Lipinski definition) is 0. The summed E-state index contributed by atoms with van der Waals surface area (Å²) in [5.74, 6) is 0.209. The lowest BCUT2D eigenvalue weighted by molar-refractivity contribution is -0.145. The number of esters is 1. The second-order valence-corrected chi connectivity index (χ2v) is 6.20. The van der Waals surface area contributed by atoms with E-state index in [1.807, 2.05) is 30.3 Å². The fourth-order valence-electron chi connectivity index (χ4n) is 2.83. The Morgan fingerprint density at radius 2 is 1.90 bits per heavy atom. The molecule has 2 aromatic carbocycles. The summed E-state index contributed by atoms with van der Waals surface area (Å²) >= 11 is 0. The Kier molecular flexibility index (Phi) is 6.29. The molecule has 0 spiro atoms. The van der Waals surface area contributed by atoms with Crippen LogP contribution in [0.4, 0.5) is 5.69 Å². The minimum absolute atomic E-state index is 0.199. The van der Waals surface area contributed by atoms with Crippen molar-refractivity contribution in [3.8, 4) is 11.5 Å². The smallest absolute Gasteiger partial charge is 0.344 e. The van der Waals surface area contributed by atoms with E-state index in [0.717, 1.165) is 5.56 Å². The average molecular weight is 394 g/mol. The van der Waals surface area contributed by atoms with Crippen LogP contribution < -0.4 is 14.5 Å². The standard InChI is InChI=1S/C22H22N2O5/c1-4-28-21(25)14-29-19-11-10-16(13-20(19)27-3)12-18-15(2)23-24(22(18)26)17-8-6-5-7-9-17/h5-13H,4,14H2,1-3H3/b18-12+. The van der Waals surface area contributed by atoms with Crippen LogP contribution in [0.25, 0.3) is 6.08 Å². The van der Waals surface area contributed by atoms with Gasteiger partial charge < -0.3 is 14.2 Å². The Balaban J connectivity index is 1.80. The van der Waals surface area contributed by atoms with Crippen molar-refractivity contribution in [3.63, 3.8) is 0 Å². The Hall–Kier alpha value is -3.61. The van der Waals surface area contributed by atoms with E-state index < -0.39 is 5.97 Å². The van der Waals surface area contributed by atoms with Crippen LogP contribution in [0, 0.1) is 0 Å². The summed E-state index contributed by atoms with van der Waals surface area (Å²) in [5, 5.41) is 5.75. The van der Waals surface area contributed by atoms with Gasteiger partial charge in [-0.1, -0.05) is 24.3 Å². The number of ether oxygens (including phenoxy) is 3. The van der Waals surface area contributed by atoms with Gasteiger partial charge in [0.1, 0.15) is 0 Å². The van der Waals surface area contributed by atoms with Gasteiger partial charge in [-0.3, -0.25) is 4.79 Å². The van der Waals surface area contributed by atoms with E-state index in [4.69, 9.17) is 14.2 Å². The minimum Gasteiger partial charge on any atom is -0.493 e. The molecule has 0 aromatic heterocycles. The molecule has 0 aliphatic carbocycles. The number of amides is 1. The number of anilines is 1. The molecule has 7 nitrogen and oxygen atoms in total. The second-order valence-electron chi connectivity index (χ2n) is 6.20. The molecule has 0 fully saturated rings. The van der Waals surface area contributed by atoms with Crippen molar-refractivity contribution in [2.45, 2.75) is 13.8 Å². The molecule has 0 saturated heterocycles. The molecule has 0 atom stereocenters. The normalized spacial score (nSPS) is 14.7. The maximum absolute atomic E-state index is 12.8. The molecule has 150 valence electrons. The van der Waals surface area contributed by atoms with Crippen molar-refractivity contribution in [2.75, 3.05) is 25.3 Å². The van der Waals surface area contributed by atoms with Crippen molar-refractivity contribution in [1.29, 1.82) is 0 Å². The summed E-state index contributed by atoms with van der Waals surface area (Å²) in [4.78, 5) is 24.3. The van der Waals surface area contributed by atoms with E-state index in [1.165, 1.54) is 12.1 Å². The summed E-state index contributed by atoms with van der Waals surface area (Å²) in [6.45, 7) is 3.61. The topological polar surface area (TPSA) is 77.4 Å². The Morgan fingerprint density at radius 3 is 2.59 bits per heavy atom. The molecule has 0 N–H and O–H groups in total. The molecule has 1 heterocycles. The number of carbonyl (C=O) groups is 2. The Labute approximate surface area is 169 Å². The monoisotopic (exact) mass is 394 g/mol. The summed E-state index contributed by atoms with van der Waals surface area (Å²) in [7, 11) is 1.51. The zero-order chi connectivity index (χ0) is 20.8. The first-order valence-electron chi connectivity index (χ1n) is 9.16. The number of methoxy groups -OCH3 is 1. The SMILES string of the molecule is CCOC(=O)COc1ccc(/C=C2/C(=O)N(c3ccccc3)N=C2C)cc1OC. The van der Waals surface area contributed by atoms with Gasteiger partial charge in [0, 0.05) is 0 Å². The molecular formula is C22H22N2O5. The molecule has 1 aliphatic rings. The van der Waals surface area contributed by atoms with Gasteiger partial charge in [-0.05, 0) is 49.8 Å². The average Bonchev–Trinajstić information content (AvgIpc) is 3.01. The molecule has 7 heteroatoms. The maximum atomic E-state index is 12.8. The number of nitrogens with zero attached hydrogens (tertiary/aromatic N) is 2. The molecule has 0 radical (unpaired) electrons. The van der Waals surface area contributed by atoms with Gasteiger partial charge in [0.05, 0.1) is 30.7 Å². The predicted molar refractivity (Wildman–Crippen MR) is 110 cm³/mol. The van der Waals surface area contributed by atoms with Crippen LogP contribution in [0.1, 0.15) is 19.4 Å². The van der Waals surface area contributed by atoms with E-state index in [1.54, 1.807) is 38.1 Å². The van der Waals surface area contributed by atoms with Crippen LogP contribution in [-0.2, 0) is 14.3 Å². The predicted octanol–water partition coefficient (Wildman–Crippen LogP) is 3.44. The van der Waals surface area contributed by atoms with Crippen molar-refractivity contribution in [1.82, 2.24) is 0 Å². The highest BCUT2D eigenvalue weighted by Crippen LogP contribution is 2.30. The molecule has 0 bridgehead atoms. The van der Waals surface area contributed by atoms with Crippen molar-refractivity contribution >= 4 is 29.4 Å². The third-order valence-corrected chi connectivity index (χ3v) is 4.21. The van der Waals surface area contributed by atoms with Gasteiger partial charge in [-0.25, -0.2) is 4.79 Å². The van der Waals surface area contributed by atoms with Crippen LogP contribution in [0.15, 0.2) is 59.2 Å². The van der Waals surface area contributed by atoms with Crippen LogP contribution in [0.5, 0.6) is 11.5 Å². The number of rotatable bonds is 7. The first kappa shape index (κ1) is 20.1. The van der Waals surface area contributed by atoms with Crippen LogP contribution in [-0.4, -0.2) is 37.9 Å². The van der Waals surface area contributed by atoms with Gasteiger partial charge in [-0.2, -0.15) is 10.1 Å². The van der Waals surface area contributed by atoms with Crippen molar-refractivity contribution in [3.05, 3.63) is 59.7 Å². The number of carbonyl (C=O) groups excluding carboxylic acids is 2. The highest BCUT2D eigenvalue weighted by molar-refractivity contribution is 6.32. The lowest BCUT2D eigenvalue weighted by Crippen LogP contribution is -2.21. The fourth-order valence-corrected chi connectivity index (χ4v) is 2.83. The van der Waals surface area contributed by atoms with E-state index in [9.17, 15) is 9.59 Å². The fraction of sp³-hybridized carbons (Fsp3) is 0.227. The van der Waals surface area contributed by atoms with E-state index >= 15 is 0 Å². The number of hydrazone groups is 1. The van der Waals surface area contributed by atoms with Gasteiger partial charge in [-0.15, -0.1) is 0 Å². The van der Waals surface area contributed by atoms with Gasteiger partial charge >= 0.3 is 5.97 Å². The lowest BCUT2D eigenvalue weighted by atomic mass is 10.1. The Morgan fingerprint density at radius 1 is 1.14 bits per heavy atom. The lowest BCUT2D eigenvalue weighted by Gasteiger charge is -2.12. The number of para-hydroxylation sites is 1. The summed E-state index contributed by atoms with van der Waals surface area (Å²) < 4.78 is 15.7. The molecule has 1 amide bonds. The molecular weight excluding hydrogens is 372 g/mol. The first-order valence-corrected chi connectivity index (χ1v) is 9.16. The van der Waals surface area contributed by atoms with Crippen LogP contribution in [0.2, 0.25) is 0 Å². The summed E-state index contributed by atoms with van der Waals surface area (Å²) in [6.07, 6.45) is 1.75. The highest BCUT2D eigenvalue weighted by Gasteiger charge is 2.28. The highest BCUT2D eigenvalue weighted by atomic mass is 16.6. The zero-order valence-corrected chi connectivity index (χ0v) is 16.5. The zero-order valence-electron chi connectivity index (χ0n) is 16.5. The quantitative estimate of drug-likeness (QED) is 0.531. The van der Waals surface area contributed by atoms with Crippen molar-refractivity contribution in [2.24, 2.45) is 5.10 Å². The number of benzene rings is 2. The van der Waals surface area contributed by atoms with E-state index in [2.05, 4.69) is 5.10 Å². The Bertz CT molecular complexity index is 966. The summed E-state index contributed by atoms with van der Waals surface area (Å²) in [5.41, 5.74) is 2.58. The molecule has 0 saturated carbocycles. The minimum atomic E-state index is -0.454. The van der Waals surface area contributed by atoms with E-state index in [0.29, 0.717) is 35.1 Å². The maximum Gasteiger partial charge on any atom is 0.344 e. The van der Waals surface area contributed by atoms with Crippen LogP contribution >= 0.6 is 0 Å².